The van der Waals surface area contributed by atoms with E-state index >= 15 is 0 Å². The van der Waals surface area contributed by atoms with Crippen molar-refractivity contribution in [3.63, 3.8) is 0 Å². The number of benzene rings is 2. The molecule has 1 saturated carbocycles. The highest BCUT2D eigenvalue weighted by Gasteiger charge is 2.60. The zero-order chi connectivity index (χ0) is 18.5. The van der Waals surface area contributed by atoms with Crippen molar-refractivity contribution < 1.29 is 18.7 Å². The predicted molar refractivity (Wildman–Crippen MR) is 94.6 cm³/mol. The number of para-hydroxylation sites is 1. The van der Waals surface area contributed by atoms with Crippen LogP contribution in [-0.2, 0) is 26.2 Å². The monoisotopic (exact) mass is 354 g/mol. The first-order valence-corrected chi connectivity index (χ1v) is 8.54. The Morgan fingerprint density at radius 3 is 2.58 bits per heavy atom. The molecule has 1 spiro atoms. The van der Waals surface area contributed by atoms with Gasteiger partial charge in [-0.2, -0.15) is 0 Å². The van der Waals surface area contributed by atoms with Gasteiger partial charge in [0.25, 0.3) is 0 Å². The summed E-state index contributed by atoms with van der Waals surface area (Å²) in [6.07, 6.45) is 1.84. The molecular weight excluding hydrogens is 335 g/mol. The van der Waals surface area contributed by atoms with Gasteiger partial charge in [-0.1, -0.05) is 24.3 Å². The van der Waals surface area contributed by atoms with Crippen molar-refractivity contribution in [1.29, 1.82) is 0 Å². The molecule has 134 valence electrons. The molecule has 5 nitrogen and oxygen atoms in total. The van der Waals surface area contributed by atoms with Gasteiger partial charge in [-0.15, -0.1) is 0 Å². The second kappa shape index (κ2) is 5.92. The topological polar surface area (TPSA) is 72.6 Å². The number of esters is 1. The summed E-state index contributed by atoms with van der Waals surface area (Å²) in [5, 5.41) is 0. The van der Waals surface area contributed by atoms with Crippen LogP contribution in [0.15, 0.2) is 42.5 Å². The maximum atomic E-state index is 14.5. The first-order valence-electron chi connectivity index (χ1n) is 8.54. The summed E-state index contributed by atoms with van der Waals surface area (Å²) in [5.74, 6) is -0.941. The highest BCUT2D eigenvalue weighted by Crippen LogP contribution is 2.59. The van der Waals surface area contributed by atoms with Gasteiger partial charge in [0.2, 0.25) is 5.91 Å². The normalized spacial score (nSPS) is 18.0. The van der Waals surface area contributed by atoms with Crippen LogP contribution in [0.2, 0.25) is 0 Å². The number of hydrogen-bond acceptors (Lipinski definition) is 4. The minimum atomic E-state index is -0.743. The number of carbonyl (C=O) groups is 2. The molecule has 1 aliphatic carbocycles. The van der Waals surface area contributed by atoms with Crippen LogP contribution >= 0.6 is 0 Å². The highest BCUT2D eigenvalue weighted by molar-refractivity contribution is 6.14. The van der Waals surface area contributed by atoms with E-state index in [1.165, 1.54) is 18.1 Å². The molecule has 0 bridgehead atoms. The first kappa shape index (κ1) is 16.7. The van der Waals surface area contributed by atoms with Gasteiger partial charge >= 0.3 is 5.97 Å². The number of ether oxygens (including phenoxy) is 1. The number of nitrogens with zero attached hydrogens (tertiary/aromatic N) is 1. The number of carbonyl (C=O) groups excluding carboxylic acids is 2. The molecule has 1 heterocycles. The summed E-state index contributed by atoms with van der Waals surface area (Å²) >= 11 is 0. The summed E-state index contributed by atoms with van der Waals surface area (Å²) in [7, 11) is 1.30. The van der Waals surface area contributed by atoms with Crippen LogP contribution in [0.5, 0.6) is 0 Å². The molecule has 0 radical (unpaired) electrons. The van der Waals surface area contributed by atoms with Gasteiger partial charge in [0.05, 0.1) is 18.2 Å². The Balaban J connectivity index is 1.65. The zero-order valence-electron chi connectivity index (χ0n) is 14.4. The lowest BCUT2D eigenvalue weighted by Gasteiger charge is -2.19. The van der Waals surface area contributed by atoms with Crippen molar-refractivity contribution in [2.24, 2.45) is 5.73 Å². The molecular formula is C20H19FN2O3. The quantitative estimate of drug-likeness (QED) is 0.857. The predicted octanol–water partition coefficient (Wildman–Crippen LogP) is 2.58. The molecule has 1 fully saturated rings. The molecule has 2 N–H and O–H groups in total. The summed E-state index contributed by atoms with van der Waals surface area (Å²) in [6.45, 7) is 0. The van der Waals surface area contributed by atoms with Crippen molar-refractivity contribution in [3.8, 4) is 0 Å². The molecule has 2 aliphatic rings. The molecule has 26 heavy (non-hydrogen) atoms. The molecule has 1 amide bonds. The van der Waals surface area contributed by atoms with Crippen LogP contribution in [0.4, 0.5) is 15.8 Å². The van der Waals surface area contributed by atoms with Crippen LogP contribution in [0, 0.1) is 5.82 Å². The number of methoxy groups -OCH3 is 1. The van der Waals surface area contributed by atoms with E-state index in [4.69, 9.17) is 5.73 Å². The molecule has 1 atom stereocenters. The molecule has 0 saturated heterocycles. The minimum Gasteiger partial charge on any atom is -0.468 e. The molecule has 1 unspecified atom stereocenters. The van der Waals surface area contributed by atoms with Crippen molar-refractivity contribution in [1.82, 2.24) is 0 Å². The summed E-state index contributed by atoms with van der Waals surface area (Å²) in [6, 6.07) is 11.2. The van der Waals surface area contributed by atoms with Crippen LogP contribution in [0.25, 0.3) is 0 Å². The van der Waals surface area contributed by atoms with Crippen molar-refractivity contribution >= 4 is 23.3 Å². The Kier molecular flexibility index (Phi) is 3.80. The van der Waals surface area contributed by atoms with Crippen molar-refractivity contribution in [3.05, 3.63) is 59.4 Å². The lowest BCUT2D eigenvalue weighted by atomic mass is 9.98. The zero-order valence-corrected chi connectivity index (χ0v) is 14.4. The largest absolute Gasteiger partial charge is 0.468 e. The summed E-state index contributed by atoms with van der Waals surface area (Å²) in [4.78, 5) is 25.9. The summed E-state index contributed by atoms with van der Waals surface area (Å²) < 4.78 is 19.1. The number of halogens is 1. The van der Waals surface area contributed by atoms with Crippen LogP contribution in [0.1, 0.15) is 24.0 Å². The van der Waals surface area contributed by atoms with E-state index in [0.717, 1.165) is 24.0 Å². The number of fused-ring (bicyclic) bond motifs is 2. The Bertz CT molecular complexity index is 890. The third-order valence-corrected chi connectivity index (χ3v) is 5.24. The first-order chi connectivity index (χ1) is 12.5. The van der Waals surface area contributed by atoms with E-state index in [1.54, 1.807) is 30.3 Å². The number of rotatable bonds is 4. The maximum absolute atomic E-state index is 14.5. The minimum absolute atomic E-state index is 0.0726. The van der Waals surface area contributed by atoms with Gasteiger partial charge in [0, 0.05) is 5.69 Å². The molecule has 4 rings (SSSR count). The van der Waals surface area contributed by atoms with Gasteiger partial charge in [-0.05, 0) is 48.6 Å². The van der Waals surface area contributed by atoms with Gasteiger partial charge in [0.1, 0.15) is 11.9 Å². The lowest BCUT2D eigenvalue weighted by molar-refractivity contribution is -0.142. The van der Waals surface area contributed by atoms with E-state index in [2.05, 4.69) is 4.74 Å². The third kappa shape index (κ3) is 2.41. The SMILES string of the molecule is COC(=O)C(N)Cc1ccc(N2C(=O)C3(CC3)c3cccc(F)c32)cc1. The molecule has 2 aromatic carbocycles. The van der Waals surface area contributed by atoms with Crippen molar-refractivity contribution in [2.75, 3.05) is 12.0 Å². The fourth-order valence-corrected chi connectivity index (χ4v) is 3.68. The van der Waals surface area contributed by atoms with Gasteiger partial charge in [-0.25, -0.2) is 4.39 Å². The van der Waals surface area contributed by atoms with E-state index in [1.807, 2.05) is 6.07 Å². The molecule has 1 aliphatic heterocycles. The van der Waals surface area contributed by atoms with E-state index in [9.17, 15) is 14.0 Å². The standard InChI is InChI=1S/C20H19FN2O3/c1-26-18(24)16(22)11-12-5-7-13(8-6-12)23-17-14(3-2-4-15(17)21)20(9-10-20)19(23)25/h2-8,16H,9-11,22H2,1H3. The van der Waals surface area contributed by atoms with Crippen LogP contribution in [-0.4, -0.2) is 25.0 Å². The molecule has 6 heteroatoms. The van der Waals surface area contributed by atoms with Crippen LogP contribution < -0.4 is 10.6 Å². The lowest BCUT2D eigenvalue weighted by Crippen LogP contribution is -2.33. The number of anilines is 2. The number of hydrogen-bond donors (Lipinski definition) is 1. The average molecular weight is 354 g/mol. The maximum Gasteiger partial charge on any atom is 0.322 e. The number of nitrogens with two attached hydrogens (primary N) is 1. The molecule has 0 aromatic heterocycles. The Morgan fingerprint density at radius 1 is 1.27 bits per heavy atom. The second-order valence-electron chi connectivity index (χ2n) is 6.86. The number of amides is 1. The van der Waals surface area contributed by atoms with Gasteiger partial charge in [0.15, 0.2) is 0 Å². The van der Waals surface area contributed by atoms with Crippen LogP contribution in [0.3, 0.4) is 0 Å². The second-order valence-corrected chi connectivity index (χ2v) is 6.86. The fraction of sp³-hybridized carbons (Fsp3) is 0.300. The Labute approximate surface area is 150 Å². The Morgan fingerprint density at radius 2 is 1.96 bits per heavy atom. The Hall–Kier alpha value is -2.73. The van der Waals surface area contributed by atoms with Gasteiger partial charge in [-0.3, -0.25) is 14.5 Å². The fourth-order valence-electron chi connectivity index (χ4n) is 3.68. The van der Waals surface area contributed by atoms with E-state index < -0.39 is 23.2 Å². The van der Waals surface area contributed by atoms with E-state index in [-0.39, 0.29) is 5.91 Å². The third-order valence-electron chi connectivity index (χ3n) is 5.24. The highest BCUT2D eigenvalue weighted by atomic mass is 19.1. The molecule has 2 aromatic rings. The smallest absolute Gasteiger partial charge is 0.322 e. The van der Waals surface area contributed by atoms with Crippen molar-refractivity contribution in [2.45, 2.75) is 30.7 Å². The van der Waals surface area contributed by atoms with Gasteiger partial charge < -0.3 is 10.5 Å². The summed E-state index contributed by atoms with van der Waals surface area (Å²) in [5.41, 5.74) is 7.81. The average Bonchev–Trinajstić information content (AvgIpc) is 3.41. The van der Waals surface area contributed by atoms with E-state index in [0.29, 0.717) is 17.8 Å².